The summed E-state index contributed by atoms with van der Waals surface area (Å²) in [6.07, 6.45) is 1.52. The first kappa shape index (κ1) is 20.0. The van der Waals surface area contributed by atoms with Crippen LogP contribution in [0.1, 0.15) is 55.8 Å². The number of aryl methyl sites for hydroxylation is 2. The Balaban J connectivity index is 1.89. The van der Waals surface area contributed by atoms with Gasteiger partial charge < -0.3 is 4.74 Å². The predicted molar refractivity (Wildman–Crippen MR) is 99.6 cm³/mol. The standard InChI is InChI=1S/C17H28N6O3S/c1-11(2)9-23-13(4)16(12(3)19-23)27(24,25)21-14-7-6-8-22-17(14)18-15(20-22)10-26-5/h11,14,21H,6-10H2,1-5H3. The molecule has 0 aromatic carbocycles. The number of aromatic nitrogens is 5. The summed E-state index contributed by atoms with van der Waals surface area (Å²) in [6.45, 7) is 9.41. The molecule has 27 heavy (non-hydrogen) atoms. The molecular weight excluding hydrogens is 368 g/mol. The molecule has 1 unspecified atom stereocenters. The molecule has 0 bridgehead atoms. The summed E-state index contributed by atoms with van der Waals surface area (Å²) in [4.78, 5) is 4.73. The lowest BCUT2D eigenvalue weighted by Gasteiger charge is -2.23. The van der Waals surface area contributed by atoms with Gasteiger partial charge in [-0.25, -0.2) is 22.8 Å². The van der Waals surface area contributed by atoms with Crippen molar-refractivity contribution < 1.29 is 13.2 Å². The van der Waals surface area contributed by atoms with Gasteiger partial charge in [0.1, 0.15) is 17.3 Å². The molecule has 1 N–H and O–H groups in total. The van der Waals surface area contributed by atoms with Gasteiger partial charge in [0.2, 0.25) is 10.0 Å². The fourth-order valence-electron chi connectivity index (χ4n) is 3.54. The summed E-state index contributed by atoms with van der Waals surface area (Å²) < 4.78 is 37.7. The van der Waals surface area contributed by atoms with Crippen LogP contribution < -0.4 is 4.72 Å². The minimum Gasteiger partial charge on any atom is -0.377 e. The first-order chi connectivity index (χ1) is 12.7. The van der Waals surface area contributed by atoms with Crippen molar-refractivity contribution >= 4 is 10.0 Å². The van der Waals surface area contributed by atoms with Gasteiger partial charge in [-0.05, 0) is 32.6 Å². The van der Waals surface area contributed by atoms with E-state index in [9.17, 15) is 8.42 Å². The topological polar surface area (TPSA) is 104 Å². The number of nitrogens with one attached hydrogen (secondary N) is 1. The zero-order chi connectivity index (χ0) is 19.8. The van der Waals surface area contributed by atoms with E-state index < -0.39 is 16.1 Å². The van der Waals surface area contributed by atoms with Crippen molar-refractivity contribution in [2.24, 2.45) is 5.92 Å². The summed E-state index contributed by atoms with van der Waals surface area (Å²) >= 11 is 0. The summed E-state index contributed by atoms with van der Waals surface area (Å²) in [7, 11) is -2.14. The number of hydrogen-bond donors (Lipinski definition) is 1. The Kier molecular flexibility index (Phi) is 5.68. The highest BCUT2D eigenvalue weighted by Crippen LogP contribution is 2.27. The fourth-order valence-corrected chi connectivity index (χ4v) is 5.18. The van der Waals surface area contributed by atoms with Crippen LogP contribution in [-0.4, -0.2) is 40.1 Å². The zero-order valence-corrected chi connectivity index (χ0v) is 17.4. The number of fused-ring (bicyclic) bond motifs is 1. The molecule has 0 radical (unpaired) electrons. The van der Waals surface area contributed by atoms with Crippen molar-refractivity contribution in [1.29, 1.82) is 0 Å². The van der Waals surface area contributed by atoms with Crippen LogP contribution in [0.4, 0.5) is 0 Å². The maximum absolute atomic E-state index is 13.1. The third kappa shape index (κ3) is 4.07. The third-order valence-electron chi connectivity index (χ3n) is 4.61. The van der Waals surface area contributed by atoms with E-state index in [0.29, 0.717) is 48.5 Å². The highest BCUT2D eigenvalue weighted by Gasteiger charge is 2.32. The van der Waals surface area contributed by atoms with E-state index in [2.05, 4.69) is 33.8 Å². The van der Waals surface area contributed by atoms with Crippen molar-refractivity contribution in [2.75, 3.05) is 7.11 Å². The van der Waals surface area contributed by atoms with Gasteiger partial charge in [-0.1, -0.05) is 13.8 Å². The van der Waals surface area contributed by atoms with Crippen LogP contribution in [0.25, 0.3) is 0 Å². The molecule has 3 heterocycles. The molecule has 3 rings (SSSR count). The van der Waals surface area contributed by atoms with E-state index in [0.717, 1.165) is 13.0 Å². The van der Waals surface area contributed by atoms with Crippen LogP contribution >= 0.6 is 0 Å². The Bertz CT molecular complexity index is 915. The van der Waals surface area contributed by atoms with Crippen LogP contribution in [0.3, 0.4) is 0 Å². The van der Waals surface area contributed by atoms with Gasteiger partial charge in [0, 0.05) is 20.2 Å². The van der Waals surface area contributed by atoms with Crippen LogP contribution in [0.5, 0.6) is 0 Å². The van der Waals surface area contributed by atoms with Gasteiger partial charge in [0.05, 0.1) is 17.4 Å². The summed E-state index contributed by atoms with van der Waals surface area (Å²) in [6, 6.07) is -0.408. The van der Waals surface area contributed by atoms with Crippen LogP contribution in [0.15, 0.2) is 4.90 Å². The van der Waals surface area contributed by atoms with Gasteiger partial charge in [0.25, 0.3) is 0 Å². The zero-order valence-electron chi connectivity index (χ0n) is 16.6. The van der Waals surface area contributed by atoms with E-state index in [1.165, 1.54) is 0 Å². The predicted octanol–water partition coefficient (Wildman–Crippen LogP) is 1.71. The molecular formula is C17H28N6O3S. The molecule has 0 amide bonds. The van der Waals surface area contributed by atoms with Gasteiger partial charge in [-0.2, -0.15) is 10.2 Å². The summed E-state index contributed by atoms with van der Waals surface area (Å²) in [5.41, 5.74) is 1.17. The largest absolute Gasteiger partial charge is 0.377 e. The molecule has 10 heteroatoms. The molecule has 9 nitrogen and oxygen atoms in total. The average Bonchev–Trinajstić information content (AvgIpc) is 3.08. The minimum absolute atomic E-state index is 0.261. The maximum Gasteiger partial charge on any atom is 0.244 e. The second-order valence-corrected chi connectivity index (χ2v) is 9.09. The average molecular weight is 397 g/mol. The number of hydrogen-bond acceptors (Lipinski definition) is 6. The second kappa shape index (κ2) is 7.69. The first-order valence-electron chi connectivity index (χ1n) is 9.21. The number of methoxy groups -OCH3 is 1. The van der Waals surface area contributed by atoms with E-state index in [1.807, 2.05) is 0 Å². The Morgan fingerprint density at radius 2 is 2.04 bits per heavy atom. The van der Waals surface area contributed by atoms with Crippen LogP contribution in [0, 0.1) is 19.8 Å². The molecule has 1 aliphatic rings. The smallest absolute Gasteiger partial charge is 0.244 e. The number of ether oxygens (including phenoxy) is 1. The molecule has 0 spiro atoms. The molecule has 1 aliphatic heterocycles. The Hall–Kier alpha value is -1.78. The van der Waals surface area contributed by atoms with E-state index in [1.54, 1.807) is 30.3 Å². The second-order valence-electron chi connectivity index (χ2n) is 7.43. The Morgan fingerprint density at radius 1 is 1.30 bits per heavy atom. The van der Waals surface area contributed by atoms with Gasteiger partial charge in [0.15, 0.2) is 5.82 Å². The van der Waals surface area contributed by atoms with Crippen molar-refractivity contribution in [3.05, 3.63) is 23.0 Å². The first-order valence-corrected chi connectivity index (χ1v) is 10.7. The minimum atomic E-state index is -3.73. The normalized spacial score (nSPS) is 17.5. The highest BCUT2D eigenvalue weighted by atomic mass is 32.2. The third-order valence-corrected chi connectivity index (χ3v) is 6.33. The van der Waals surface area contributed by atoms with E-state index >= 15 is 0 Å². The fraction of sp³-hybridized carbons (Fsp3) is 0.706. The molecule has 0 fully saturated rings. The van der Waals surface area contributed by atoms with Crippen molar-refractivity contribution in [3.63, 3.8) is 0 Å². The monoisotopic (exact) mass is 396 g/mol. The maximum atomic E-state index is 13.1. The lowest BCUT2D eigenvalue weighted by molar-refractivity contribution is 0.177. The number of sulfonamides is 1. The molecule has 0 aliphatic carbocycles. The number of rotatable bonds is 7. The van der Waals surface area contributed by atoms with E-state index in [-0.39, 0.29) is 4.90 Å². The Labute approximate surface area is 160 Å². The molecule has 2 aromatic heterocycles. The van der Waals surface area contributed by atoms with Gasteiger partial charge in [-0.3, -0.25) is 4.68 Å². The van der Waals surface area contributed by atoms with Crippen molar-refractivity contribution in [1.82, 2.24) is 29.3 Å². The lowest BCUT2D eigenvalue weighted by Crippen LogP contribution is -2.33. The van der Waals surface area contributed by atoms with Gasteiger partial charge in [-0.15, -0.1) is 0 Å². The van der Waals surface area contributed by atoms with Crippen molar-refractivity contribution in [3.8, 4) is 0 Å². The molecule has 150 valence electrons. The molecule has 2 aromatic rings. The van der Waals surface area contributed by atoms with Crippen molar-refractivity contribution in [2.45, 2.75) is 71.2 Å². The van der Waals surface area contributed by atoms with Crippen LogP contribution in [-0.2, 0) is 34.5 Å². The SMILES string of the molecule is COCc1nc2n(n1)CCCC2NS(=O)(=O)c1c(C)nn(CC(C)C)c1C. The summed E-state index contributed by atoms with van der Waals surface area (Å²) in [5.74, 6) is 1.58. The number of nitrogens with zero attached hydrogens (tertiary/aromatic N) is 5. The van der Waals surface area contributed by atoms with E-state index in [4.69, 9.17) is 4.74 Å². The van der Waals surface area contributed by atoms with Crippen LogP contribution in [0.2, 0.25) is 0 Å². The molecule has 0 saturated carbocycles. The Morgan fingerprint density at radius 3 is 2.70 bits per heavy atom. The molecule has 0 saturated heterocycles. The highest BCUT2D eigenvalue weighted by molar-refractivity contribution is 7.89. The molecule has 1 atom stereocenters. The summed E-state index contributed by atoms with van der Waals surface area (Å²) in [5, 5.41) is 8.82. The quantitative estimate of drug-likeness (QED) is 0.764. The van der Waals surface area contributed by atoms with Gasteiger partial charge >= 0.3 is 0 Å². The lowest BCUT2D eigenvalue weighted by atomic mass is 10.1.